The van der Waals surface area contributed by atoms with Crippen LogP contribution in [0.3, 0.4) is 0 Å². The van der Waals surface area contributed by atoms with Crippen LogP contribution in [0.5, 0.6) is 0 Å². The van der Waals surface area contributed by atoms with Gasteiger partial charge in [0.25, 0.3) is 0 Å². The third kappa shape index (κ3) is 2.77. The Balaban J connectivity index is 1.59. The molecule has 4 rings (SSSR count). The van der Waals surface area contributed by atoms with Gasteiger partial charge in [-0.3, -0.25) is 14.8 Å². The van der Waals surface area contributed by atoms with Crippen molar-refractivity contribution in [3.63, 3.8) is 0 Å². The number of nitrogens with one attached hydrogen (secondary N) is 1. The lowest BCUT2D eigenvalue weighted by molar-refractivity contribution is -0.121. The second kappa shape index (κ2) is 6.31. The van der Waals surface area contributed by atoms with Gasteiger partial charge >= 0.3 is 0 Å². The van der Waals surface area contributed by atoms with Crippen LogP contribution < -0.4 is 5.32 Å². The first-order valence-electron chi connectivity index (χ1n) is 7.81. The molecule has 124 valence electrons. The van der Waals surface area contributed by atoms with Crippen LogP contribution in [0.4, 0.5) is 5.69 Å². The van der Waals surface area contributed by atoms with E-state index in [0.29, 0.717) is 15.7 Å². The maximum Gasteiger partial charge on any atom is 0.230 e. The monoisotopic (exact) mass is 363 g/mol. The van der Waals surface area contributed by atoms with Gasteiger partial charge in [-0.05, 0) is 31.0 Å². The summed E-state index contributed by atoms with van der Waals surface area (Å²) in [6.45, 7) is 0. The number of nitrogens with zero attached hydrogens (tertiary/aromatic N) is 2. The van der Waals surface area contributed by atoms with Crippen LogP contribution in [-0.4, -0.2) is 28.1 Å². The lowest BCUT2D eigenvalue weighted by Crippen LogP contribution is -2.36. The quantitative estimate of drug-likeness (QED) is 0.903. The van der Waals surface area contributed by atoms with E-state index in [1.165, 1.54) is 0 Å². The summed E-state index contributed by atoms with van der Waals surface area (Å²) in [7, 11) is 0. The van der Waals surface area contributed by atoms with Crippen LogP contribution in [0.25, 0.3) is 0 Å². The van der Waals surface area contributed by atoms with Crippen LogP contribution in [0, 0.1) is 5.92 Å². The molecular formula is C17H15Cl2N3O2. The van der Waals surface area contributed by atoms with Gasteiger partial charge in [-0.25, -0.2) is 0 Å². The summed E-state index contributed by atoms with van der Waals surface area (Å²) in [5.74, 6) is -0.439. The molecule has 7 heteroatoms. The second-order valence-corrected chi connectivity index (χ2v) is 6.90. The molecule has 4 atom stereocenters. The van der Waals surface area contributed by atoms with Crippen molar-refractivity contribution in [2.75, 3.05) is 5.32 Å². The number of rotatable bonds is 3. The highest BCUT2D eigenvalue weighted by molar-refractivity contribution is 6.42. The van der Waals surface area contributed by atoms with E-state index in [0.717, 1.165) is 18.5 Å². The number of benzene rings is 1. The number of aromatic nitrogens is 2. The summed E-state index contributed by atoms with van der Waals surface area (Å²) in [6, 6.07) is 5.04. The summed E-state index contributed by atoms with van der Waals surface area (Å²) in [5.41, 5.74) is 1.43. The topological polar surface area (TPSA) is 64.1 Å². The molecule has 1 aromatic heterocycles. The van der Waals surface area contributed by atoms with Crippen LogP contribution in [-0.2, 0) is 9.53 Å². The maximum absolute atomic E-state index is 12.9. The Morgan fingerprint density at radius 3 is 2.75 bits per heavy atom. The highest BCUT2D eigenvalue weighted by Crippen LogP contribution is 2.48. The van der Waals surface area contributed by atoms with Crippen molar-refractivity contribution in [3.05, 3.63) is 52.5 Å². The Hall–Kier alpha value is -1.69. The fraction of sp³-hybridized carbons (Fsp3) is 0.353. The zero-order valence-corrected chi connectivity index (χ0v) is 14.2. The molecule has 2 fully saturated rings. The van der Waals surface area contributed by atoms with Crippen molar-refractivity contribution in [1.29, 1.82) is 0 Å². The highest BCUT2D eigenvalue weighted by atomic mass is 35.5. The Labute approximate surface area is 149 Å². The van der Waals surface area contributed by atoms with Gasteiger partial charge in [-0.15, -0.1) is 0 Å². The van der Waals surface area contributed by atoms with E-state index in [9.17, 15) is 4.79 Å². The number of fused-ring (bicyclic) bond motifs is 2. The minimum Gasteiger partial charge on any atom is -0.373 e. The van der Waals surface area contributed by atoms with E-state index >= 15 is 0 Å². The number of carbonyl (C=O) groups excluding carboxylic acids is 1. The molecule has 0 aliphatic carbocycles. The number of hydrogen-bond donors (Lipinski definition) is 1. The Kier molecular flexibility index (Phi) is 4.16. The first kappa shape index (κ1) is 15.8. The van der Waals surface area contributed by atoms with E-state index in [2.05, 4.69) is 15.3 Å². The van der Waals surface area contributed by atoms with Gasteiger partial charge in [0.15, 0.2) is 0 Å². The summed E-state index contributed by atoms with van der Waals surface area (Å²) in [6.07, 6.45) is 6.77. The molecule has 0 spiro atoms. The molecule has 1 amide bonds. The van der Waals surface area contributed by atoms with Gasteiger partial charge < -0.3 is 10.1 Å². The van der Waals surface area contributed by atoms with Gasteiger partial charge in [0.05, 0.1) is 33.9 Å². The van der Waals surface area contributed by atoms with E-state index in [4.69, 9.17) is 27.9 Å². The molecule has 1 N–H and O–H groups in total. The van der Waals surface area contributed by atoms with E-state index < -0.39 is 0 Å². The molecule has 2 aromatic rings. The molecule has 2 bridgehead atoms. The first-order chi connectivity index (χ1) is 11.6. The predicted octanol–water partition coefficient (Wildman–Crippen LogP) is 3.68. The van der Waals surface area contributed by atoms with Crippen molar-refractivity contribution >= 4 is 34.8 Å². The summed E-state index contributed by atoms with van der Waals surface area (Å²) < 4.78 is 5.98. The normalized spacial score (nSPS) is 28.1. The molecule has 4 unspecified atom stereocenters. The van der Waals surface area contributed by atoms with Crippen molar-refractivity contribution in [2.24, 2.45) is 5.92 Å². The minimum absolute atomic E-state index is 0.0243. The van der Waals surface area contributed by atoms with Crippen LogP contribution >= 0.6 is 23.2 Å². The van der Waals surface area contributed by atoms with Gasteiger partial charge in [0, 0.05) is 30.2 Å². The third-order valence-electron chi connectivity index (χ3n) is 4.69. The Bertz CT molecular complexity index is 772. The average molecular weight is 364 g/mol. The van der Waals surface area contributed by atoms with Gasteiger partial charge in [0.2, 0.25) is 5.91 Å². The number of ether oxygens (including phenoxy) is 1. The number of carbonyl (C=O) groups is 1. The summed E-state index contributed by atoms with van der Waals surface area (Å²) >= 11 is 11.9. The van der Waals surface area contributed by atoms with Crippen molar-refractivity contribution < 1.29 is 9.53 Å². The number of amides is 1. The first-order valence-corrected chi connectivity index (χ1v) is 8.56. The van der Waals surface area contributed by atoms with Crippen LogP contribution in [0.15, 0.2) is 36.8 Å². The Morgan fingerprint density at radius 1 is 1.17 bits per heavy atom. The number of halogens is 2. The molecule has 2 saturated heterocycles. The summed E-state index contributed by atoms with van der Waals surface area (Å²) in [4.78, 5) is 21.4. The zero-order valence-electron chi connectivity index (χ0n) is 12.7. The lowest BCUT2D eigenvalue weighted by Gasteiger charge is -2.26. The molecule has 0 radical (unpaired) electrons. The second-order valence-electron chi connectivity index (χ2n) is 6.09. The van der Waals surface area contributed by atoms with Crippen LogP contribution in [0.1, 0.15) is 24.5 Å². The molecule has 1 aromatic carbocycles. The predicted molar refractivity (Wildman–Crippen MR) is 91.2 cm³/mol. The summed E-state index contributed by atoms with van der Waals surface area (Å²) in [5, 5.41) is 3.79. The SMILES string of the molecule is O=C(Nc1ccc(Cl)c(Cl)c1)C1C2CCC(O2)C1c1cnccn1. The van der Waals surface area contributed by atoms with Crippen molar-refractivity contribution in [2.45, 2.75) is 31.0 Å². The minimum atomic E-state index is -0.282. The number of hydrogen-bond acceptors (Lipinski definition) is 4. The largest absolute Gasteiger partial charge is 0.373 e. The third-order valence-corrected chi connectivity index (χ3v) is 5.43. The lowest BCUT2D eigenvalue weighted by atomic mass is 9.77. The fourth-order valence-corrected chi connectivity index (χ4v) is 3.97. The number of anilines is 1. The average Bonchev–Trinajstić information content (AvgIpc) is 3.20. The van der Waals surface area contributed by atoms with Crippen LogP contribution in [0.2, 0.25) is 10.0 Å². The molecule has 2 aliphatic heterocycles. The van der Waals surface area contributed by atoms with E-state index in [1.807, 2.05) is 0 Å². The molecule has 5 nitrogen and oxygen atoms in total. The van der Waals surface area contributed by atoms with Gasteiger partial charge in [-0.2, -0.15) is 0 Å². The smallest absolute Gasteiger partial charge is 0.230 e. The molecule has 2 aliphatic rings. The van der Waals surface area contributed by atoms with Gasteiger partial charge in [-0.1, -0.05) is 23.2 Å². The van der Waals surface area contributed by atoms with Crippen molar-refractivity contribution in [1.82, 2.24) is 9.97 Å². The fourth-order valence-electron chi connectivity index (χ4n) is 3.67. The maximum atomic E-state index is 12.9. The molecule has 3 heterocycles. The standard InChI is InChI=1S/C17H15Cl2N3O2/c18-10-2-1-9(7-11(10)19)22-17(23)16-14-4-3-13(24-14)15(16)12-8-20-5-6-21-12/h1-2,5-8,13-16H,3-4H2,(H,22,23). The molecule has 0 saturated carbocycles. The van der Waals surface area contributed by atoms with E-state index in [-0.39, 0.29) is 30.0 Å². The van der Waals surface area contributed by atoms with E-state index in [1.54, 1.807) is 36.8 Å². The van der Waals surface area contributed by atoms with Crippen molar-refractivity contribution in [3.8, 4) is 0 Å². The highest BCUT2D eigenvalue weighted by Gasteiger charge is 2.53. The molecule has 24 heavy (non-hydrogen) atoms. The zero-order chi connectivity index (χ0) is 16.7. The Morgan fingerprint density at radius 2 is 2.00 bits per heavy atom. The molecular weight excluding hydrogens is 349 g/mol. The van der Waals surface area contributed by atoms with Gasteiger partial charge in [0.1, 0.15) is 0 Å².